The highest BCUT2D eigenvalue weighted by atomic mass is 16.9. The van der Waals surface area contributed by atoms with E-state index in [1.54, 1.807) is 0 Å². The Balaban J connectivity index is 2.37. The fourth-order valence-corrected chi connectivity index (χ4v) is 7.00. The number of hydrogen-bond acceptors (Lipinski definition) is 3. The maximum absolute atomic E-state index is 6.24. The van der Waals surface area contributed by atoms with Gasteiger partial charge in [0.25, 0.3) is 5.97 Å². The minimum atomic E-state index is -0.916. The molecule has 0 aliphatic heterocycles. The summed E-state index contributed by atoms with van der Waals surface area (Å²) >= 11 is 0. The minimum Gasteiger partial charge on any atom is -0.330 e. The zero-order valence-corrected chi connectivity index (χ0v) is 20.8. The summed E-state index contributed by atoms with van der Waals surface area (Å²) in [6.07, 6.45) is 25.4. The van der Waals surface area contributed by atoms with Crippen LogP contribution in [0.4, 0.5) is 0 Å². The molecule has 0 bridgehead atoms. The Bertz CT molecular complexity index is 388. The van der Waals surface area contributed by atoms with Crippen LogP contribution in [-0.4, -0.2) is 27.3 Å². The molecule has 0 atom stereocenters. The summed E-state index contributed by atoms with van der Waals surface area (Å²) in [6, 6.07) is 0. The maximum Gasteiger partial charge on any atom is 0.288 e. The number of ether oxygens (including phenoxy) is 3. The lowest BCUT2D eigenvalue weighted by Crippen LogP contribution is -2.60. The first-order chi connectivity index (χ1) is 14.7. The average Bonchev–Trinajstić information content (AvgIpc) is 3.22. The van der Waals surface area contributed by atoms with Crippen molar-refractivity contribution in [2.75, 3.05) is 21.3 Å². The van der Waals surface area contributed by atoms with Gasteiger partial charge in [0, 0.05) is 21.3 Å². The molecule has 2 saturated carbocycles. The maximum atomic E-state index is 6.24. The van der Waals surface area contributed by atoms with E-state index in [9.17, 15) is 0 Å². The van der Waals surface area contributed by atoms with E-state index in [0.717, 1.165) is 0 Å². The van der Waals surface area contributed by atoms with E-state index in [2.05, 4.69) is 6.92 Å². The molecular weight excluding hydrogens is 372 g/mol. The first kappa shape index (κ1) is 26.1. The van der Waals surface area contributed by atoms with Gasteiger partial charge in [-0.3, -0.25) is 0 Å². The van der Waals surface area contributed by atoms with E-state index in [1.807, 2.05) is 21.3 Å². The summed E-state index contributed by atoms with van der Waals surface area (Å²) in [5, 5.41) is 0. The molecule has 0 heterocycles. The van der Waals surface area contributed by atoms with Gasteiger partial charge in [-0.2, -0.15) is 0 Å². The van der Waals surface area contributed by atoms with Crippen molar-refractivity contribution in [2.24, 2.45) is 17.3 Å². The molecule has 2 aliphatic rings. The van der Waals surface area contributed by atoms with Gasteiger partial charge in [-0.1, -0.05) is 96.8 Å². The van der Waals surface area contributed by atoms with Crippen molar-refractivity contribution in [2.45, 2.75) is 135 Å². The molecule has 0 amide bonds. The van der Waals surface area contributed by atoms with E-state index in [0.29, 0.717) is 11.8 Å². The van der Waals surface area contributed by atoms with Gasteiger partial charge < -0.3 is 14.2 Å². The topological polar surface area (TPSA) is 27.7 Å². The molecule has 2 aliphatic carbocycles. The van der Waals surface area contributed by atoms with Crippen molar-refractivity contribution in [1.29, 1.82) is 0 Å². The molecule has 0 saturated heterocycles. The van der Waals surface area contributed by atoms with Gasteiger partial charge in [0.05, 0.1) is 5.41 Å². The van der Waals surface area contributed by atoms with Crippen molar-refractivity contribution in [3.8, 4) is 0 Å². The van der Waals surface area contributed by atoms with E-state index in [1.165, 1.54) is 122 Å². The summed E-state index contributed by atoms with van der Waals surface area (Å²) in [5.41, 5.74) is -0.0370. The third kappa shape index (κ3) is 6.23. The Kier molecular flexibility index (Phi) is 12.3. The largest absolute Gasteiger partial charge is 0.330 e. The quantitative estimate of drug-likeness (QED) is 0.169. The highest BCUT2D eigenvalue weighted by molar-refractivity contribution is 5.00. The SMILES string of the molecule is CCCCCCCCC(C1CCCCCC1)(C1CCCCCC1)C(OC)(OC)OC. The van der Waals surface area contributed by atoms with E-state index >= 15 is 0 Å². The van der Waals surface area contributed by atoms with Gasteiger partial charge >= 0.3 is 0 Å². The fraction of sp³-hybridized carbons (Fsp3) is 1.00. The number of unbranched alkanes of at least 4 members (excludes halogenated alkanes) is 5. The number of rotatable bonds is 13. The molecule has 0 N–H and O–H groups in total. The van der Waals surface area contributed by atoms with Crippen LogP contribution in [-0.2, 0) is 14.2 Å². The molecule has 2 rings (SSSR count). The zero-order chi connectivity index (χ0) is 21.7. The monoisotopic (exact) mass is 424 g/mol. The number of methoxy groups -OCH3 is 3. The van der Waals surface area contributed by atoms with Crippen molar-refractivity contribution in [1.82, 2.24) is 0 Å². The lowest BCUT2D eigenvalue weighted by atomic mass is 9.57. The van der Waals surface area contributed by atoms with Crippen LogP contribution in [0.15, 0.2) is 0 Å². The van der Waals surface area contributed by atoms with Crippen LogP contribution in [0.3, 0.4) is 0 Å². The third-order valence-corrected chi connectivity index (χ3v) is 8.49. The Hall–Kier alpha value is -0.120. The summed E-state index contributed by atoms with van der Waals surface area (Å²) < 4.78 is 18.7. The Morgan fingerprint density at radius 2 is 0.967 bits per heavy atom. The third-order valence-electron chi connectivity index (χ3n) is 8.49. The normalized spacial score (nSPS) is 20.8. The zero-order valence-electron chi connectivity index (χ0n) is 20.8. The predicted molar refractivity (Wildman–Crippen MR) is 127 cm³/mol. The van der Waals surface area contributed by atoms with Crippen LogP contribution in [0.1, 0.15) is 129 Å². The van der Waals surface area contributed by atoms with Crippen molar-refractivity contribution in [3.63, 3.8) is 0 Å². The van der Waals surface area contributed by atoms with Crippen LogP contribution in [0.2, 0.25) is 0 Å². The molecule has 3 nitrogen and oxygen atoms in total. The summed E-state index contributed by atoms with van der Waals surface area (Å²) in [4.78, 5) is 0. The Labute approximate surface area is 188 Å². The molecule has 0 aromatic heterocycles. The molecule has 0 radical (unpaired) electrons. The lowest BCUT2D eigenvalue weighted by molar-refractivity contribution is -0.429. The Morgan fingerprint density at radius 3 is 1.37 bits per heavy atom. The van der Waals surface area contributed by atoms with Crippen molar-refractivity contribution >= 4 is 0 Å². The average molecular weight is 425 g/mol. The van der Waals surface area contributed by atoms with Crippen molar-refractivity contribution < 1.29 is 14.2 Å². The number of hydrogen-bond donors (Lipinski definition) is 0. The van der Waals surface area contributed by atoms with Gasteiger partial charge in [-0.15, -0.1) is 0 Å². The molecule has 178 valence electrons. The molecule has 2 fully saturated rings. The molecule has 0 spiro atoms. The van der Waals surface area contributed by atoms with Crippen LogP contribution in [0.5, 0.6) is 0 Å². The predicted octanol–water partition coefficient (Wildman–Crippen LogP) is 8.26. The summed E-state index contributed by atoms with van der Waals surface area (Å²) in [5.74, 6) is 0.359. The van der Waals surface area contributed by atoms with Gasteiger partial charge in [0.1, 0.15) is 0 Å². The molecule has 0 aromatic rings. The van der Waals surface area contributed by atoms with E-state index < -0.39 is 5.97 Å². The highest BCUT2D eigenvalue weighted by Crippen LogP contribution is 2.58. The molecule has 3 heteroatoms. The molecule has 0 unspecified atom stereocenters. The standard InChI is InChI=1S/C27H52O3/c1-5-6-7-8-13-18-23-26(27(28-2,29-3)30-4,24-19-14-9-10-15-20-24)25-21-16-11-12-17-22-25/h24-25H,5-23H2,1-4H3. The van der Waals surface area contributed by atoms with Crippen molar-refractivity contribution in [3.05, 3.63) is 0 Å². The first-order valence-corrected chi connectivity index (χ1v) is 13.4. The van der Waals surface area contributed by atoms with Gasteiger partial charge in [0.15, 0.2) is 0 Å². The summed E-state index contributed by atoms with van der Waals surface area (Å²) in [7, 11) is 5.45. The summed E-state index contributed by atoms with van der Waals surface area (Å²) in [6.45, 7) is 2.30. The fourth-order valence-electron chi connectivity index (χ4n) is 7.00. The molecule has 30 heavy (non-hydrogen) atoms. The minimum absolute atomic E-state index is 0.0370. The van der Waals surface area contributed by atoms with Gasteiger partial charge in [0.2, 0.25) is 0 Å². The molecule has 0 aromatic carbocycles. The second-order valence-corrected chi connectivity index (χ2v) is 10.1. The second kappa shape index (κ2) is 14.1. The second-order valence-electron chi connectivity index (χ2n) is 10.1. The van der Waals surface area contributed by atoms with Gasteiger partial charge in [-0.25, -0.2) is 0 Å². The van der Waals surface area contributed by atoms with Crippen LogP contribution in [0, 0.1) is 17.3 Å². The van der Waals surface area contributed by atoms with Crippen LogP contribution >= 0.6 is 0 Å². The smallest absolute Gasteiger partial charge is 0.288 e. The van der Waals surface area contributed by atoms with Crippen LogP contribution in [0.25, 0.3) is 0 Å². The highest BCUT2D eigenvalue weighted by Gasteiger charge is 2.60. The molecular formula is C27H52O3. The van der Waals surface area contributed by atoms with E-state index in [-0.39, 0.29) is 5.41 Å². The van der Waals surface area contributed by atoms with E-state index in [4.69, 9.17) is 14.2 Å². The lowest BCUT2D eigenvalue weighted by Gasteiger charge is -2.55. The first-order valence-electron chi connectivity index (χ1n) is 13.4. The van der Waals surface area contributed by atoms with Crippen LogP contribution < -0.4 is 0 Å². The van der Waals surface area contributed by atoms with Gasteiger partial charge in [-0.05, 0) is 43.9 Å². The Morgan fingerprint density at radius 1 is 0.567 bits per heavy atom.